The zero-order chi connectivity index (χ0) is 16.6. The largest absolute Gasteiger partial charge is 0.339 e. The van der Waals surface area contributed by atoms with Crippen LogP contribution in [0.1, 0.15) is 64.6 Å². The number of carbonyl (C=O) groups is 1. The van der Waals surface area contributed by atoms with Gasteiger partial charge in [0.05, 0.1) is 5.41 Å². The number of carbonyl (C=O) groups excluding carboxylic acids is 1. The molecule has 23 heavy (non-hydrogen) atoms. The van der Waals surface area contributed by atoms with E-state index in [4.69, 9.17) is 4.52 Å². The predicted molar refractivity (Wildman–Crippen MR) is 87.3 cm³/mol. The van der Waals surface area contributed by atoms with E-state index in [-0.39, 0.29) is 17.4 Å². The molecule has 0 bridgehead atoms. The highest BCUT2D eigenvalue weighted by Gasteiger charge is 2.54. The van der Waals surface area contributed by atoms with E-state index in [1.54, 1.807) is 0 Å². The minimum Gasteiger partial charge on any atom is -0.339 e. The van der Waals surface area contributed by atoms with Gasteiger partial charge in [0.15, 0.2) is 5.82 Å². The van der Waals surface area contributed by atoms with E-state index in [1.165, 1.54) is 6.42 Å². The molecule has 0 radical (unpaired) electrons. The Labute approximate surface area is 138 Å². The first-order chi connectivity index (χ1) is 11.0. The van der Waals surface area contributed by atoms with E-state index in [0.717, 1.165) is 44.8 Å². The summed E-state index contributed by atoms with van der Waals surface area (Å²) in [7, 11) is 0. The quantitative estimate of drug-likeness (QED) is 0.855. The third kappa shape index (κ3) is 2.62. The molecule has 2 fully saturated rings. The van der Waals surface area contributed by atoms with Crippen molar-refractivity contribution in [2.24, 2.45) is 5.92 Å². The summed E-state index contributed by atoms with van der Waals surface area (Å²) in [4.78, 5) is 21.3. The van der Waals surface area contributed by atoms with Crippen LogP contribution in [-0.2, 0) is 5.41 Å². The molecule has 0 spiro atoms. The SMILES string of the molecule is CCN(CC)C(=O)N1C[C@H]2CCC[C@@]2(c2noc(C(C)C)n2)C1. The summed E-state index contributed by atoms with van der Waals surface area (Å²) < 4.78 is 5.45. The Hall–Kier alpha value is -1.59. The molecule has 3 rings (SSSR count). The van der Waals surface area contributed by atoms with E-state index < -0.39 is 0 Å². The summed E-state index contributed by atoms with van der Waals surface area (Å²) in [6.07, 6.45) is 3.38. The van der Waals surface area contributed by atoms with Crippen LogP contribution in [0.4, 0.5) is 4.79 Å². The van der Waals surface area contributed by atoms with Crippen LogP contribution in [0, 0.1) is 5.92 Å². The van der Waals surface area contributed by atoms with Crippen LogP contribution in [0.5, 0.6) is 0 Å². The fourth-order valence-electron chi connectivity index (χ4n) is 4.17. The molecule has 0 N–H and O–H groups in total. The predicted octanol–water partition coefficient (Wildman–Crippen LogP) is 3.01. The lowest BCUT2D eigenvalue weighted by Gasteiger charge is -2.28. The van der Waals surface area contributed by atoms with Crippen LogP contribution in [0.3, 0.4) is 0 Å². The highest BCUT2D eigenvalue weighted by molar-refractivity contribution is 5.75. The number of nitrogens with zero attached hydrogens (tertiary/aromatic N) is 4. The number of aromatic nitrogens is 2. The van der Waals surface area contributed by atoms with E-state index in [0.29, 0.717) is 11.8 Å². The maximum Gasteiger partial charge on any atom is 0.320 e. The van der Waals surface area contributed by atoms with Crippen LogP contribution in [0.15, 0.2) is 4.52 Å². The van der Waals surface area contributed by atoms with E-state index in [2.05, 4.69) is 24.0 Å². The lowest BCUT2D eigenvalue weighted by Crippen LogP contribution is -2.43. The lowest BCUT2D eigenvalue weighted by atomic mass is 9.80. The maximum atomic E-state index is 12.7. The number of likely N-dealkylation sites (tertiary alicyclic amines) is 1. The number of rotatable bonds is 4. The van der Waals surface area contributed by atoms with Crippen molar-refractivity contribution in [3.05, 3.63) is 11.7 Å². The van der Waals surface area contributed by atoms with Gasteiger partial charge >= 0.3 is 6.03 Å². The molecule has 2 heterocycles. The van der Waals surface area contributed by atoms with Crippen LogP contribution in [0.25, 0.3) is 0 Å². The monoisotopic (exact) mass is 320 g/mol. The zero-order valence-electron chi connectivity index (χ0n) is 14.7. The normalized spacial score (nSPS) is 26.8. The topological polar surface area (TPSA) is 62.5 Å². The molecule has 1 aliphatic heterocycles. The van der Waals surface area contributed by atoms with Gasteiger partial charge in [-0.25, -0.2) is 4.79 Å². The summed E-state index contributed by atoms with van der Waals surface area (Å²) >= 11 is 0. The van der Waals surface area contributed by atoms with Gasteiger partial charge in [-0.1, -0.05) is 25.4 Å². The molecule has 0 aromatic carbocycles. The summed E-state index contributed by atoms with van der Waals surface area (Å²) in [5.74, 6) is 2.22. The van der Waals surface area contributed by atoms with Crippen LogP contribution in [-0.4, -0.2) is 52.2 Å². The van der Waals surface area contributed by atoms with Crippen molar-refractivity contribution in [3.63, 3.8) is 0 Å². The second-order valence-electron chi connectivity index (χ2n) is 7.19. The Morgan fingerprint density at radius 2 is 2.17 bits per heavy atom. The summed E-state index contributed by atoms with van der Waals surface area (Å²) in [6.45, 7) is 11.2. The molecule has 6 nitrogen and oxygen atoms in total. The van der Waals surface area contributed by atoms with Crippen molar-refractivity contribution in [1.82, 2.24) is 19.9 Å². The Morgan fingerprint density at radius 3 is 2.78 bits per heavy atom. The average Bonchev–Trinajstić information content (AvgIpc) is 3.21. The molecule has 1 aromatic rings. The summed E-state index contributed by atoms with van der Waals surface area (Å²) in [5.41, 5.74) is -0.0978. The standard InChI is InChI=1S/C17H28N4O2/c1-5-20(6-2)16(22)21-10-13-8-7-9-17(13,11-21)15-18-14(12(3)4)23-19-15/h12-13H,5-11H2,1-4H3/t13-,17-/m1/s1. The zero-order valence-corrected chi connectivity index (χ0v) is 14.7. The van der Waals surface area contributed by atoms with Crippen molar-refractivity contribution >= 4 is 6.03 Å². The van der Waals surface area contributed by atoms with Gasteiger partial charge in [0.25, 0.3) is 0 Å². The van der Waals surface area contributed by atoms with Crippen molar-refractivity contribution in [1.29, 1.82) is 0 Å². The summed E-state index contributed by atoms with van der Waals surface area (Å²) in [6, 6.07) is 0.149. The van der Waals surface area contributed by atoms with Crippen molar-refractivity contribution in [2.75, 3.05) is 26.2 Å². The molecule has 2 amide bonds. The highest BCUT2D eigenvalue weighted by atomic mass is 16.5. The molecular weight excluding hydrogens is 292 g/mol. The first kappa shape index (κ1) is 16.3. The maximum absolute atomic E-state index is 12.7. The molecule has 2 aliphatic rings. The van der Waals surface area contributed by atoms with Gasteiger partial charge in [0.1, 0.15) is 0 Å². The molecule has 2 atom stereocenters. The minimum absolute atomic E-state index is 0.0978. The Balaban J connectivity index is 1.84. The number of amides is 2. The second kappa shape index (κ2) is 6.13. The molecule has 6 heteroatoms. The van der Waals surface area contributed by atoms with Crippen LogP contribution < -0.4 is 0 Å². The molecule has 1 saturated heterocycles. The number of urea groups is 1. The third-order valence-electron chi connectivity index (χ3n) is 5.56. The Kier molecular flexibility index (Phi) is 4.34. The minimum atomic E-state index is -0.0978. The van der Waals surface area contributed by atoms with E-state index >= 15 is 0 Å². The van der Waals surface area contributed by atoms with E-state index in [1.807, 2.05) is 23.6 Å². The van der Waals surface area contributed by atoms with Crippen LogP contribution >= 0.6 is 0 Å². The van der Waals surface area contributed by atoms with Crippen molar-refractivity contribution in [3.8, 4) is 0 Å². The fraction of sp³-hybridized carbons (Fsp3) is 0.824. The summed E-state index contributed by atoms with van der Waals surface area (Å²) in [5, 5.41) is 4.29. The first-order valence-corrected chi connectivity index (χ1v) is 8.89. The number of hydrogen-bond acceptors (Lipinski definition) is 4. The lowest BCUT2D eigenvalue weighted by molar-refractivity contribution is 0.163. The van der Waals surface area contributed by atoms with Crippen LogP contribution in [0.2, 0.25) is 0 Å². The smallest absolute Gasteiger partial charge is 0.320 e. The van der Waals surface area contributed by atoms with Gasteiger partial charge in [-0.3, -0.25) is 0 Å². The van der Waals surface area contributed by atoms with E-state index in [9.17, 15) is 4.79 Å². The number of fused-ring (bicyclic) bond motifs is 1. The van der Waals surface area contributed by atoms with Gasteiger partial charge in [-0.2, -0.15) is 4.98 Å². The molecule has 128 valence electrons. The van der Waals surface area contributed by atoms with Gasteiger partial charge in [0, 0.05) is 32.1 Å². The Morgan fingerprint density at radius 1 is 1.43 bits per heavy atom. The van der Waals surface area contributed by atoms with Crippen molar-refractivity contribution < 1.29 is 9.32 Å². The average molecular weight is 320 g/mol. The number of hydrogen-bond donors (Lipinski definition) is 0. The van der Waals surface area contributed by atoms with Gasteiger partial charge < -0.3 is 14.3 Å². The molecule has 1 aliphatic carbocycles. The highest BCUT2D eigenvalue weighted by Crippen LogP contribution is 2.49. The van der Waals surface area contributed by atoms with Gasteiger partial charge in [0.2, 0.25) is 5.89 Å². The third-order valence-corrected chi connectivity index (χ3v) is 5.56. The second-order valence-corrected chi connectivity index (χ2v) is 7.19. The first-order valence-electron chi connectivity index (χ1n) is 8.89. The Bertz CT molecular complexity index is 567. The molecular formula is C17H28N4O2. The molecule has 1 aromatic heterocycles. The molecule has 0 unspecified atom stereocenters. The fourth-order valence-corrected chi connectivity index (χ4v) is 4.17. The van der Waals surface area contributed by atoms with Gasteiger partial charge in [-0.15, -0.1) is 0 Å². The molecule has 1 saturated carbocycles. The van der Waals surface area contributed by atoms with Gasteiger partial charge in [-0.05, 0) is 32.6 Å². The van der Waals surface area contributed by atoms with Crippen molar-refractivity contribution in [2.45, 2.75) is 58.3 Å².